The Morgan fingerprint density at radius 1 is 1.23 bits per heavy atom. The number of rotatable bonds is 9. The molecular weight excluding hydrogens is 418 g/mol. The van der Waals surface area contributed by atoms with Gasteiger partial charge in [0, 0.05) is 31.1 Å². The summed E-state index contributed by atoms with van der Waals surface area (Å²) >= 11 is 6.12. The Morgan fingerprint density at radius 2 is 2.00 bits per heavy atom. The summed E-state index contributed by atoms with van der Waals surface area (Å²) in [6.45, 7) is 1.15. The van der Waals surface area contributed by atoms with Crippen LogP contribution < -0.4 is 21.2 Å². The van der Waals surface area contributed by atoms with Crippen molar-refractivity contribution in [1.29, 1.82) is 0 Å². The van der Waals surface area contributed by atoms with Crippen LogP contribution in [0.3, 0.4) is 0 Å². The molecule has 8 nitrogen and oxygen atoms in total. The number of terminal acetylenes is 1. The first-order valence-electron chi connectivity index (χ1n) is 9.69. The van der Waals surface area contributed by atoms with Gasteiger partial charge in [-0.3, -0.25) is 10.2 Å². The molecule has 0 radical (unpaired) electrons. The topological polar surface area (TPSA) is 99.5 Å². The van der Waals surface area contributed by atoms with Gasteiger partial charge in [0.15, 0.2) is 0 Å². The average Bonchev–Trinajstić information content (AvgIpc) is 2.75. The van der Waals surface area contributed by atoms with Gasteiger partial charge in [-0.2, -0.15) is 4.68 Å². The smallest absolute Gasteiger partial charge is 0.404 e. The van der Waals surface area contributed by atoms with Gasteiger partial charge in [-0.15, -0.1) is 12.3 Å². The van der Waals surface area contributed by atoms with E-state index in [1.807, 2.05) is 35.2 Å². The molecule has 0 fully saturated rings. The van der Waals surface area contributed by atoms with Crippen molar-refractivity contribution in [2.24, 2.45) is 0 Å². The van der Waals surface area contributed by atoms with Crippen molar-refractivity contribution in [2.45, 2.75) is 12.8 Å². The van der Waals surface area contributed by atoms with Gasteiger partial charge in [0.25, 0.3) is 5.56 Å². The fourth-order valence-electron chi connectivity index (χ4n) is 3.08. The molecule has 0 aliphatic carbocycles. The number of hydrogen-bond donors (Lipinski definition) is 3. The monoisotopic (exact) mass is 439 g/mol. The Balaban J connectivity index is 2.06. The number of carboxylic acid groups (broad SMARTS) is 1. The zero-order valence-electron chi connectivity index (χ0n) is 16.7. The summed E-state index contributed by atoms with van der Waals surface area (Å²) in [6.07, 6.45) is 5.31. The van der Waals surface area contributed by atoms with Crippen LogP contribution in [0.5, 0.6) is 0 Å². The number of fused-ring (bicyclic) bond motifs is 1. The number of halogens is 1. The Labute approximate surface area is 184 Å². The van der Waals surface area contributed by atoms with Crippen molar-refractivity contribution in [2.75, 3.05) is 30.0 Å². The van der Waals surface area contributed by atoms with E-state index in [-0.39, 0.29) is 12.1 Å². The highest BCUT2D eigenvalue weighted by molar-refractivity contribution is 6.31. The fraction of sp³-hybridized carbons (Fsp3) is 0.227. The van der Waals surface area contributed by atoms with Gasteiger partial charge in [0.1, 0.15) is 0 Å². The van der Waals surface area contributed by atoms with Crippen molar-refractivity contribution in [3.05, 3.63) is 63.9 Å². The van der Waals surface area contributed by atoms with Crippen LogP contribution in [0.15, 0.2) is 53.3 Å². The Bertz CT molecular complexity index is 1160. The lowest BCUT2D eigenvalue weighted by atomic mass is 10.2. The predicted molar refractivity (Wildman–Crippen MR) is 123 cm³/mol. The number of nitrogens with zero attached hydrogens (tertiary/aromatic N) is 3. The first-order chi connectivity index (χ1) is 15.0. The fourth-order valence-corrected chi connectivity index (χ4v) is 3.24. The largest absolute Gasteiger partial charge is 0.465 e. The quantitative estimate of drug-likeness (QED) is 0.349. The zero-order chi connectivity index (χ0) is 22.2. The molecule has 3 aromatic rings. The number of amides is 1. The third-order valence-electron chi connectivity index (χ3n) is 4.52. The maximum Gasteiger partial charge on any atom is 0.404 e. The summed E-state index contributed by atoms with van der Waals surface area (Å²) < 4.78 is 1.38. The normalized spacial score (nSPS) is 10.5. The predicted octanol–water partition coefficient (Wildman–Crippen LogP) is 3.41. The lowest BCUT2D eigenvalue weighted by molar-refractivity contribution is 0.194. The summed E-state index contributed by atoms with van der Waals surface area (Å²) in [5.74, 6) is 2.97. The van der Waals surface area contributed by atoms with Gasteiger partial charge < -0.3 is 15.3 Å². The molecule has 160 valence electrons. The Kier molecular flexibility index (Phi) is 7.35. The van der Waals surface area contributed by atoms with E-state index < -0.39 is 6.09 Å². The summed E-state index contributed by atoms with van der Waals surface area (Å²) in [4.78, 5) is 30.6. The maximum atomic E-state index is 13.3. The molecular formula is C22H22ClN5O3. The van der Waals surface area contributed by atoms with E-state index in [9.17, 15) is 9.59 Å². The van der Waals surface area contributed by atoms with Gasteiger partial charge >= 0.3 is 6.09 Å². The SMILES string of the molecule is C#CCCN(CCCNC(=O)O)c1nc2cc(Cl)ccc2c(=O)n1Nc1ccccc1. The van der Waals surface area contributed by atoms with Crippen molar-refractivity contribution >= 4 is 40.2 Å². The minimum atomic E-state index is -1.09. The van der Waals surface area contributed by atoms with Crippen LogP contribution in [-0.2, 0) is 0 Å². The van der Waals surface area contributed by atoms with Gasteiger partial charge in [-0.05, 0) is 36.8 Å². The van der Waals surface area contributed by atoms with E-state index in [4.69, 9.17) is 28.1 Å². The minimum Gasteiger partial charge on any atom is -0.465 e. The molecule has 1 aromatic heterocycles. The molecule has 0 spiro atoms. The number of para-hydroxylation sites is 1. The van der Waals surface area contributed by atoms with E-state index >= 15 is 0 Å². The number of hydrogen-bond acceptors (Lipinski definition) is 5. The summed E-state index contributed by atoms with van der Waals surface area (Å²) in [7, 11) is 0. The molecule has 31 heavy (non-hydrogen) atoms. The van der Waals surface area contributed by atoms with Crippen molar-refractivity contribution in [1.82, 2.24) is 15.0 Å². The third kappa shape index (κ3) is 5.68. The van der Waals surface area contributed by atoms with Crippen LogP contribution in [0.4, 0.5) is 16.4 Å². The van der Waals surface area contributed by atoms with Crippen LogP contribution in [0.1, 0.15) is 12.8 Å². The highest BCUT2D eigenvalue weighted by atomic mass is 35.5. The summed E-state index contributed by atoms with van der Waals surface area (Å²) in [5, 5.41) is 12.0. The highest BCUT2D eigenvalue weighted by Crippen LogP contribution is 2.20. The summed E-state index contributed by atoms with van der Waals surface area (Å²) in [6, 6.07) is 14.2. The van der Waals surface area contributed by atoms with E-state index in [0.717, 1.165) is 0 Å². The van der Waals surface area contributed by atoms with Gasteiger partial charge in [0.2, 0.25) is 5.95 Å². The van der Waals surface area contributed by atoms with Crippen LogP contribution in [0.2, 0.25) is 5.02 Å². The molecule has 3 N–H and O–H groups in total. The van der Waals surface area contributed by atoms with E-state index in [0.29, 0.717) is 53.5 Å². The van der Waals surface area contributed by atoms with Gasteiger partial charge in [0.05, 0.1) is 16.6 Å². The molecule has 2 aromatic carbocycles. The second-order valence-electron chi connectivity index (χ2n) is 6.72. The first kappa shape index (κ1) is 22.0. The molecule has 3 rings (SSSR count). The lowest BCUT2D eigenvalue weighted by Crippen LogP contribution is -2.38. The lowest BCUT2D eigenvalue weighted by Gasteiger charge is -2.26. The number of nitrogens with one attached hydrogen (secondary N) is 2. The van der Waals surface area contributed by atoms with Gasteiger partial charge in [-0.1, -0.05) is 29.8 Å². The molecule has 0 aliphatic heterocycles. The molecule has 0 aliphatic rings. The number of benzene rings is 2. The molecule has 0 atom stereocenters. The first-order valence-corrected chi connectivity index (χ1v) is 10.1. The molecule has 1 heterocycles. The number of carbonyl (C=O) groups is 1. The average molecular weight is 440 g/mol. The summed E-state index contributed by atoms with van der Waals surface area (Å²) in [5.41, 5.74) is 4.02. The van der Waals surface area contributed by atoms with E-state index in [1.165, 1.54) is 4.68 Å². The number of anilines is 2. The Hall–Kier alpha value is -3.70. The Morgan fingerprint density at radius 3 is 2.71 bits per heavy atom. The van der Waals surface area contributed by atoms with Crippen LogP contribution in [0.25, 0.3) is 10.9 Å². The zero-order valence-corrected chi connectivity index (χ0v) is 17.5. The second kappa shape index (κ2) is 10.4. The molecule has 0 saturated carbocycles. The molecule has 1 amide bonds. The molecule has 9 heteroatoms. The van der Waals surface area contributed by atoms with Crippen molar-refractivity contribution < 1.29 is 9.90 Å². The van der Waals surface area contributed by atoms with Crippen molar-refractivity contribution in [3.63, 3.8) is 0 Å². The highest BCUT2D eigenvalue weighted by Gasteiger charge is 2.18. The van der Waals surface area contributed by atoms with Crippen LogP contribution in [-0.4, -0.2) is 40.5 Å². The second-order valence-corrected chi connectivity index (χ2v) is 7.15. The van der Waals surface area contributed by atoms with Crippen LogP contribution >= 0.6 is 11.6 Å². The standard InChI is InChI=1S/C22H22ClN5O3/c1-2-3-13-27(14-7-12-24-22(30)31)21-25-19-15-16(23)10-11-18(19)20(29)28(21)26-17-8-5-4-6-9-17/h1,4-6,8-11,15,24,26H,3,7,12-14H2,(H,30,31). The van der Waals surface area contributed by atoms with Gasteiger partial charge in [-0.25, -0.2) is 9.78 Å². The third-order valence-corrected chi connectivity index (χ3v) is 4.75. The molecule has 0 saturated heterocycles. The molecule has 0 bridgehead atoms. The van der Waals surface area contributed by atoms with Crippen molar-refractivity contribution in [3.8, 4) is 12.3 Å². The molecule has 0 unspecified atom stereocenters. The van der Waals surface area contributed by atoms with E-state index in [1.54, 1.807) is 18.2 Å². The maximum absolute atomic E-state index is 13.3. The van der Waals surface area contributed by atoms with Crippen LogP contribution in [0, 0.1) is 12.3 Å². The van der Waals surface area contributed by atoms with E-state index in [2.05, 4.69) is 16.7 Å². The number of aromatic nitrogens is 2. The minimum absolute atomic E-state index is 0.262.